The molecule has 0 aliphatic rings. The topological polar surface area (TPSA) is 108 Å². The SMILES string of the molecule is COc1ccc(S(=O)(=O)N(C)CC(=O)N/N=C\c2ccccc2O)cc1. The number of aromatic hydroxyl groups is 1. The summed E-state index contributed by atoms with van der Waals surface area (Å²) in [6.07, 6.45) is 1.27. The zero-order chi connectivity index (χ0) is 19.2. The summed E-state index contributed by atoms with van der Waals surface area (Å²) < 4.78 is 30.8. The Hall–Kier alpha value is -2.91. The first kappa shape index (κ1) is 19.4. The van der Waals surface area contributed by atoms with Crippen molar-refractivity contribution in [1.82, 2.24) is 9.73 Å². The number of para-hydroxylation sites is 1. The molecule has 0 fully saturated rings. The van der Waals surface area contributed by atoms with Gasteiger partial charge in [0.2, 0.25) is 10.0 Å². The summed E-state index contributed by atoms with van der Waals surface area (Å²) in [5.74, 6) is -0.0659. The average molecular weight is 377 g/mol. The molecule has 2 aromatic rings. The second-order valence-corrected chi connectivity index (χ2v) is 7.33. The van der Waals surface area contributed by atoms with Gasteiger partial charge >= 0.3 is 0 Å². The molecule has 0 saturated carbocycles. The highest BCUT2D eigenvalue weighted by Gasteiger charge is 2.22. The second-order valence-electron chi connectivity index (χ2n) is 5.29. The number of sulfonamides is 1. The minimum absolute atomic E-state index is 0.0182. The summed E-state index contributed by atoms with van der Waals surface area (Å²) in [7, 11) is -1.04. The first-order valence-electron chi connectivity index (χ1n) is 7.55. The van der Waals surface area contributed by atoms with Crippen molar-refractivity contribution in [2.24, 2.45) is 5.10 Å². The fourth-order valence-corrected chi connectivity index (χ4v) is 3.15. The summed E-state index contributed by atoms with van der Waals surface area (Å²) in [5.41, 5.74) is 2.65. The Morgan fingerprint density at radius 2 is 1.88 bits per heavy atom. The molecule has 9 heteroatoms. The van der Waals surface area contributed by atoms with E-state index in [4.69, 9.17) is 4.74 Å². The lowest BCUT2D eigenvalue weighted by molar-refractivity contribution is -0.121. The van der Waals surface area contributed by atoms with E-state index in [9.17, 15) is 18.3 Å². The molecule has 0 saturated heterocycles. The van der Waals surface area contributed by atoms with Crippen LogP contribution in [-0.4, -0.2) is 50.7 Å². The third kappa shape index (κ3) is 4.80. The molecule has 0 radical (unpaired) electrons. The van der Waals surface area contributed by atoms with Crippen LogP contribution in [0.4, 0.5) is 0 Å². The van der Waals surface area contributed by atoms with E-state index in [1.807, 2.05) is 0 Å². The van der Waals surface area contributed by atoms with Gasteiger partial charge in [0.25, 0.3) is 5.91 Å². The van der Waals surface area contributed by atoms with Crippen LogP contribution in [0.3, 0.4) is 0 Å². The Labute approximate surface area is 151 Å². The monoisotopic (exact) mass is 377 g/mol. The second kappa shape index (κ2) is 8.45. The summed E-state index contributed by atoms with van der Waals surface area (Å²) >= 11 is 0. The molecule has 2 aromatic carbocycles. The van der Waals surface area contributed by atoms with Crippen molar-refractivity contribution in [1.29, 1.82) is 0 Å². The van der Waals surface area contributed by atoms with Crippen LogP contribution in [-0.2, 0) is 14.8 Å². The predicted octanol–water partition coefficient (Wildman–Crippen LogP) is 1.17. The molecule has 2 N–H and O–H groups in total. The molecule has 0 heterocycles. The van der Waals surface area contributed by atoms with Crippen molar-refractivity contribution < 1.29 is 23.1 Å². The molecule has 0 aromatic heterocycles. The van der Waals surface area contributed by atoms with E-state index in [2.05, 4.69) is 10.5 Å². The van der Waals surface area contributed by atoms with Crippen LogP contribution < -0.4 is 10.2 Å². The number of likely N-dealkylation sites (N-methyl/N-ethyl adjacent to an activating group) is 1. The zero-order valence-corrected chi connectivity index (χ0v) is 15.1. The molecular formula is C17H19N3O5S. The Kier molecular flexibility index (Phi) is 6.31. The number of hydrogen-bond donors (Lipinski definition) is 2. The van der Waals surface area contributed by atoms with Crippen LogP contribution in [0.1, 0.15) is 5.56 Å². The fraction of sp³-hybridized carbons (Fsp3) is 0.176. The Balaban J connectivity index is 1.98. The number of carbonyl (C=O) groups is 1. The van der Waals surface area contributed by atoms with E-state index >= 15 is 0 Å². The van der Waals surface area contributed by atoms with E-state index in [1.54, 1.807) is 18.2 Å². The van der Waals surface area contributed by atoms with Gasteiger partial charge in [-0.3, -0.25) is 4.79 Å². The third-order valence-corrected chi connectivity index (χ3v) is 5.28. The number of rotatable bonds is 7. The van der Waals surface area contributed by atoms with Crippen LogP contribution in [0.15, 0.2) is 58.5 Å². The molecule has 1 amide bonds. The van der Waals surface area contributed by atoms with Gasteiger partial charge in [0.1, 0.15) is 11.5 Å². The third-order valence-electron chi connectivity index (χ3n) is 3.46. The maximum atomic E-state index is 12.4. The maximum Gasteiger partial charge on any atom is 0.255 e. The lowest BCUT2D eigenvalue weighted by Crippen LogP contribution is -2.36. The summed E-state index contributed by atoms with van der Waals surface area (Å²) in [5, 5.41) is 13.3. The Morgan fingerprint density at radius 3 is 2.50 bits per heavy atom. The number of methoxy groups -OCH3 is 1. The maximum absolute atomic E-state index is 12.4. The normalized spacial score (nSPS) is 11.7. The molecule has 0 bridgehead atoms. The van der Waals surface area contributed by atoms with E-state index in [0.29, 0.717) is 11.3 Å². The van der Waals surface area contributed by atoms with Crippen molar-refractivity contribution in [3.63, 3.8) is 0 Å². The van der Waals surface area contributed by atoms with Crippen molar-refractivity contribution in [3.05, 3.63) is 54.1 Å². The van der Waals surface area contributed by atoms with Crippen LogP contribution in [0.25, 0.3) is 0 Å². The van der Waals surface area contributed by atoms with Gasteiger partial charge < -0.3 is 9.84 Å². The predicted molar refractivity (Wildman–Crippen MR) is 96.7 cm³/mol. The largest absolute Gasteiger partial charge is 0.507 e. The molecule has 0 unspecified atom stereocenters. The van der Waals surface area contributed by atoms with E-state index < -0.39 is 22.5 Å². The van der Waals surface area contributed by atoms with E-state index in [-0.39, 0.29) is 10.6 Å². The van der Waals surface area contributed by atoms with Crippen molar-refractivity contribution in [2.45, 2.75) is 4.90 Å². The van der Waals surface area contributed by atoms with Gasteiger partial charge in [-0.15, -0.1) is 0 Å². The fourth-order valence-electron chi connectivity index (χ4n) is 2.02. The summed E-state index contributed by atoms with van der Waals surface area (Å²) in [4.78, 5) is 11.9. The quantitative estimate of drug-likeness (QED) is 0.556. The smallest absolute Gasteiger partial charge is 0.255 e. The lowest BCUT2D eigenvalue weighted by atomic mass is 10.2. The van der Waals surface area contributed by atoms with Crippen LogP contribution in [0.2, 0.25) is 0 Å². The van der Waals surface area contributed by atoms with E-state index in [0.717, 1.165) is 4.31 Å². The van der Waals surface area contributed by atoms with Gasteiger partial charge in [-0.2, -0.15) is 9.41 Å². The van der Waals surface area contributed by atoms with Gasteiger partial charge in [0.15, 0.2) is 0 Å². The number of hydrogen-bond acceptors (Lipinski definition) is 6. The number of carbonyl (C=O) groups excluding carboxylic acids is 1. The van der Waals surface area contributed by atoms with Crippen LogP contribution in [0.5, 0.6) is 11.5 Å². The van der Waals surface area contributed by atoms with Crippen molar-refractivity contribution in [3.8, 4) is 11.5 Å². The number of ether oxygens (including phenoxy) is 1. The number of hydrazone groups is 1. The highest BCUT2D eigenvalue weighted by atomic mass is 32.2. The molecule has 0 atom stereocenters. The molecule has 138 valence electrons. The van der Waals surface area contributed by atoms with Crippen LogP contribution >= 0.6 is 0 Å². The molecule has 0 aliphatic heterocycles. The summed E-state index contributed by atoms with van der Waals surface area (Å²) in [6, 6.07) is 12.3. The van der Waals surface area contributed by atoms with E-state index in [1.165, 1.54) is 50.7 Å². The molecular weight excluding hydrogens is 358 g/mol. The highest BCUT2D eigenvalue weighted by Crippen LogP contribution is 2.18. The number of nitrogens with one attached hydrogen (secondary N) is 1. The first-order chi connectivity index (χ1) is 12.3. The summed E-state index contributed by atoms with van der Waals surface area (Å²) in [6.45, 7) is -0.410. The molecule has 2 rings (SSSR count). The number of phenols is 1. The molecule has 8 nitrogen and oxygen atoms in total. The van der Waals surface area contributed by atoms with Gasteiger partial charge in [0.05, 0.1) is 24.8 Å². The number of benzene rings is 2. The zero-order valence-electron chi connectivity index (χ0n) is 14.3. The number of amides is 1. The average Bonchev–Trinajstić information content (AvgIpc) is 2.63. The number of nitrogens with zero attached hydrogens (tertiary/aromatic N) is 2. The van der Waals surface area contributed by atoms with Gasteiger partial charge in [-0.25, -0.2) is 13.8 Å². The highest BCUT2D eigenvalue weighted by molar-refractivity contribution is 7.89. The van der Waals surface area contributed by atoms with Gasteiger partial charge in [-0.1, -0.05) is 12.1 Å². The minimum atomic E-state index is -3.82. The standard InChI is InChI=1S/C17H19N3O5S/c1-20(26(23,24)15-9-7-14(25-2)8-10-15)12-17(22)19-18-11-13-5-3-4-6-16(13)21/h3-11,21H,12H2,1-2H3,(H,19,22)/b18-11-. The van der Waals surface area contributed by atoms with Crippen molar-refractivity contribution in [2.75, 3.05) is 20.7 Å². The Bertz CT molecular complexity index is 895. The Morgan fingerprint density at radius 1 is 1.23 bits per heavy atom. The number of phenolic OH excluding ortho intramolecular Hbond substituents is 1. The molecule has 0 spiro atoms. The van der Waals surface area contributed by atoms with Crippen molar-refractivity contribution >= 4 is 22.1 Å². The first-order valence-corrected chi connectivity index (χ1v) is 8.99. The van der Waals surface area contributed by atoms with Gasteiger partial charge in [-0.05, 0) is 36.4 Å². The van der Waals surface area contributed by atoms with Crippen LogP contribution in [0, 0.1) is 0 Å². The van der Waals surface area contributed by atoms with Gasteiger partial charge in [0, 0.05) is 12.6 Å². The lowest BCUT2D eigenvalue weighted by Gasteiger charge is -2.16. The minimum Gasteiger partial charge on any atom is -0.507 e. The molecule has 0 aliphatic carbocycles. The molecule has 26 heavy (non-hydrogen) atoms.